The van der Waals surface area contributed by atoms with E-state index in [9.17, 15) is 4.39 Å². The topological polar surface area (TPSA) is 59.0 Å². The summed E-state index contributed by atoms with van der Waals surface area (Å²) in [5, 5.41) is 8.32. The number of nitriles is 1. The first-order chi connectivity index (χ1) is 7.65. The smallest absolute Gasteiger partial charge is 0.165 e. The molecule has 4 heteroatoms. The quantitative estimate of drug-likeness (QED) is 0.779. The van der Waals surface area contributed by atoms with E-state index in [1.807, 2.05) is 6.07 Å². The zero-order valence-electron chi connectivity index (χ0n) is 9.24. The lowest BCUT2D eigenvalue weighted by atomic mass is 10.1. The molecule has 0 unspecified atom stereocenters. The number of nitrogens with two attached hydrogens (primary N) is 1. The Morgan fingerprint density at radius 2 is 2.31 bits per heavy atom. The third kappa shape index (κ3) is 3.52. The number of hydrogen-bond acceptors (Lipinski definition) is 3. The highest BCUT2D eigenvalue weighted by Crippen LogP contribution is 2.21. The Bertz CT molecular complexity index is 385. The molecule has 0 aliphatic carbocycles. The van der Waals surface area contributed by atoms with Crippen LogP contribution < -0.4 is 10.5 Å². The van der Waals surface area contributed by atoms with Gasteiger partial charge in [0.2, 0.25) is 0 Å². The molecular weight excluding hydrogens is 207 g/mol. The fraction of sp³-hybridized carbons (Fsp3) is 0.417. The van der Waals surface area contributed by atoms with Crippen molar-refractivity contribution in [1.29, 1.82) is 5.26 Å². The molecule has 1 aromatic carbocycles. The Balaban J connectivity index is 2.58. The van der Waals surface area contributed by atoms with Gasteiger partial charge in [-0.25, -0.2) is 4.39 Å². The van der Waals surface area contributed by atoms with Gasteiger partial charge in [0.15, 0.2) is 11.6 Å². The second-order valence-corrected chi connectivity index (χ2v) is 3.59. The van der Waals surface area contributed by atoms with E-state index in [0.29, 0.717) is 19.4 Å². The van der Waals surface area contributed by atoms with Crippen molar-refractivity contribution >= 4 is 0 Å². The van der Waals surface area contributed by atoms with Gasteiger partial charge in [0.25, 0.3) is 0 Å². The highest BCUT2D eigenvalue weighted by Gasteiger charge is 2.06. The van der Waals surface area contributed by atoms with Crippen LogP contribution in [0.2, 0.25) is 0 Å². The van der Waals surface area contributed by atoms with Crippen LogP contribution in [0.1, 0.15) is 31.4 Å². The lowest BCUT2D eigenvalue weighted by molar-refractivity contribution is 0.297. The number of halogens is 1. The largest absolute Gasteiger partial charge is 0.490 e. The number of benzene rings is 1. The van der Waals surface area contributed by atoms with Gasteiger partial charge in [-0.3, -0.25) is 0 Å². The summed E-state index contributed by atoms with van der Waals surface area (Å²) in [5.74, 6) is -0.200. The van der Waals surface area contributed by atoms with Crippen LogP contribution >= 0.6 is 0 Å². The van der Waals surface area contributed by atoms with Gasteiger partial charge in [-0.15, -0.1) is 0 Å². The molecule has 0 aliphatic heterocycles. The van der Waals surface area contributed by atoms with Gasteiger partial charge in [0.05, 0.1) is 12.7 Å². The summed E-state index contributed by atoms with van der Waals surface area (Å²) in [5.41, 5.74) is 6.37. The first-order valence-electron chi connectivity index (χ1n) is 5.20. The molecule has 0 bridgehead atoms. The van der Waals surface area contributed by atoms with Gasteiger partial charge in [0.1, 0.15) is 0 Å². The normalized spacial score (nSPS) is 11.9. The average molecular weight is 222 g/mol. The van der Waals surface area contributed by atoms with Gasteiger partial charge in [-0.2, -0.15) is 5.26 Å². The Morgan fingerprint density at radius 1 is 1.56 bits per heavy atom. The summed E-state index contributed by atoms with van der Waals surface area (Å²) in [6.45, 7) is 2.14. The molecule has 16 heavy (non-hydrogen) atoms. The SMILES string of the molecule is C[C@@H](N)c1ccc(OCCCC#N)c(F)c1. The highest BCUT2D eigenvalue weighted by atomic mass is 19.1. The molecule has 0 radical (unpaired) electrons. The molecule has 1 rings (SSSR count). The van der Waals surface area contributed by atoms with E-state index in [2.05, 4.69) is 0 Å². The van der Waals surface area contributed by atoms with E-state index in [-0.39, 0.29) is 11.8 Å². The highest BCUT2D eigenvalue weighted by molar-refractivity contribution is 5.30. The van der Waals surface area contributed by atoms with Crippen molar-refractivity contribution in [3.05, 3.63) is 29.6 Å². The van der Waals surface area contributed by atoms with Gasteiger partial charge in [0, 0.05) is 12.5 Å². The number of nitrogens with zero attached hydrogens (tertiary/aromatic N) is 1. The molecule has 86 valence electrons. The monoisotopic (exact) mass is 222 g/mol. The molecule has 0 fully saturated rings. The molecule has 0 aromatic heterocycles. The molecule has 0 saturated heterocycles. The second kappa shape index (κ2) is 6.09. The Kier molecular flexibility index (Phi) is 4.74. The van der Waals surface area contributed by atoms with Crippen LogP contribution in [0.15, 0.2) is 18.2 Å². The minimum Gasteiger partial charge on any atom is -0.490 e. The average Bonchev–Trinajstić information content (AvgIpc) is 2.26. The minimum absolute atomic E-state index is 0.192. The van der Waals surface area contributed by atoms with Crippen molar-refractivity contribution in [3.8, 4) is 11.8 Å². The number of unbranched alkanes of at least 4 members (excludes halogenated alkanes) is 1. The fourth-order valence-corrected chi connectivity index (χ4v) is 1.25. The molecule has 1 atom stereocenters. The van der Waals surface area contributed by atoms with Gasteiger partial charge < -0.3 is 10.5 Å². The number of ether oxygens (including phenoxy) is 1. The number of rotatable bonds is 5. The standard InChI is InChI=1S/C12H15FN2O/c1-9(15)10-4-5-12(11(13)8-10)16-7-3-2-6-14/h4-5,8-9H,2-3,7,15H2,1H3/t9-/m1/s1. The van der Waals surface area contributed by atoms with E-state index in [1.54, 1.807) is 19.1 Å². The Morgan fingerprint density at radius 3 is 2.88 bits per heavy atom. The van der Waals surface area contributed by atoms with Gasteiger partial charge in [-0.05, 0) is 31.0 Å². The van der Waals surface area contributed by atoms with E-state index in [4.69, 9.17) is 15.7 Å². The number of hydrogen-bond donors (Lipinski definition) is 1. The molecule has 0 spiro atoms. The maximum atomic E-state index is 13.5. The van der Waals surface area contributed by atoms with E-state index in [0.717, 1.165) is 5.56 Å². The van der Waals surface area contributed by atoms with Crippen LogP contribution in [0.4, 0.5) is 4.39 Å². The summed E-state index contributed by atoms with van der Waals surface area (Å²) in [4.78, 5) is 0. The van der Waals surface area contributed by atoms with Gasteiger partial charge in [-0.1, -0.05) is 6.07 Å². The van der Waals surface area contributed by atoms with Crippen molar-refractivity contribution in [2.24, 2.45) is 5.73 Å². The van der Waals surface area contributed by atoms with Crippen LogP contribution in [0.3, 0.4) is 0 Å². The van der Waals surface area contributed by atoms with Crippen molar-refractivity contribution in [2.75, 3.05) is 6.61 Å². The van der Waals surface area contributed by atoms with Gasteiger partial charge >= 0.3 is 0 Å². The van der Waals surface area contributed by atoms with Crippen LogP contribution in [0.5, 0.6) is 5.75 Å². The lowest BCUT2D eigenvalue weighted by Gasteiger charge is -2.09. The maximum Gasteiger partial charge on any atom is 0.165 e. The second-order valence-electron chi connectivity index (χ2n) is 3.59. The van der Waals surface area contributed by atoms with Crippen LogP contribution in [-0.4, -0.2) is 6.61 Å². The van der Waals surface area contributed by atoms with E-state index < -0.39 is 5.82 Å². The summed E-state index contributed by atoms with van der Waals surface area (Å²) < 4.78 is 18.7. The fourth-order valence-electron chi connectivity index (χ4n) is 1.25. The van der Waals surface area contributed by atoms with Crippen LogP contribution in [0.25, 0.3) is 0 Å². The molecule has 0 saturated carbocycles. The zero-order chi connectivity index (χ0) is 12.0. The van der Waals surface area contributed by atoms with Crippen molar-refractivity contribution < 1.29 is 9.13 Å². The minimum atomic E-state index is -0.410. The van der Waals surface area contributed by atoms with Crippen molar-refractivity contribution in [2.45, 2.75) is 25.8 Å². The molecule has 1 aromatic rings. The first-order valence-corrected chi connectivity index (χ1v) is 5.20. The van der Waals surface area contributed by atoms with Crippen LogP contribution in [0, 0.1) is 17.1 Å². The molecule has 2 N–H and O–H groups in total. The molecule has 0 heterocycles. The zero-order valence-corrected chi connectivity index (χ0v) is 9.24. The molecular formula is C12H15FN2O. The van der Waals surface area contributed by atoms with Crippen molar-refractivity contribution in [1.82, 2.24) is 0 Å². The molecule has 3 nitrogen and oxygen atoms in total. The Labute approximate surface area is 94.6 Å². The summed E-state index contributed by atoms with van der Waals surface area (Å²) in [6, 6.07) is 6.50. The summed E-state index contributed by atoms with van der Waals surface area (Å²) in [7, 11) is 0. The van der Waals surface area contributed by atoms with E-state index in [1.165, 1.54) is 6.07 Å². The summed E-state index contributed by atoms with van der Waals surface area (Å²) in [6.07, 6.45) is 1.02. The third-order valence-electron chi connectivity index (χ3n) is 2.17. The predicted molar refractivity (Wildman–Crippen MR) is 59.3 cm³/mol. The van der Waals surface area contributed by atoms with Crippen LogP contribution in [-0.2, 0) is 0 Å². The third-order valence-corrected chi connectivity index (χ3v) is 2.17. The maximum absolute atomic E-state index is 13.5. The molecule has 0 aliphatic rings. The predicted octanol–water partition coefficient (Wildman–Crippen LogP) is 2.53. The Hall–Kier alpha value is -1.60. The van der Waals surface area contributed by atoms with Crippen molar-refractivity contribution in [3.63, 3.8) is 0 Å². The summed E-state index contributed by atoms with van der Waals surface area (Å²) >= 11 is 0. The molecule has 0 amide bonds. The van der Waals surface area contributed by atoms with E-state index >= 15 is 0 Å². The first kappa shape index (κ1) is 12.5. The lowest BCUT2D eigenvalue weighted by Crippen LogP contribution is -2.06.